The molecule has 0 saturated carbocycles. The number of likely N-dealkylation sites (tertiary alicyclic amines) is 1. The first-order valence-electron chi connectivity index (χ1n) is 6.89. The van der Waals surface area contributed by atoms with E-state index >= 15 is 0 Å². The quantitative estimate of drug-likeness (QED) is 0.775. The van der Waals surface area contributed by atoms with E-state index in [4.69, 9.17) is 10.5 Å². The Balaban J connectivity index is 1.77. The molecule has 2 atom stereocenters. The van der Waals surface area contributed by atoms with Crippen molar-refractivity contribution in [1.82, 2.24) is 9.80 Å². The van der Waals surface area contributed by atoms with Crippen LogP contribution in [0.25, 0.3) is 0 Å². The number of piperidine rings is 1. The van der Waals surface area contributed by atoms with Crippen molar-refractivity contribution in [3.05, 3.63) is 0 Å². The lowest BCUT2D eigenvalue weighted by Gasteiger charge is -2.38. The lowest BCUT2D eigenvalue weighted by Crippen LogP contribution is -2.48. The van der Waals surface area contributed by atoms with Crippen molar-refractivity contribution in [1.29, 1.82) is 0 Å². The average molecular weight is 241 g/mol. The van der Waals surface area contributed by atoms with Crippen LogP contribution in [0.1, 0.15) is 19.3 Å². The molecular weight excluding hydrogens is 214 g/mol. The summed E-state index contributed by atoms with van der Waals surface area (Å²) in [5.74, 6) is 0.522. The van der Waals surface area contributed by atoms with Gasteiger partial charge in [-0.2, -0.15) is 0 Å². The first kappa shape index (κ1) is 13.3. The largest absolute Gasteiger partial charge is 0.381 e. The summed E-state index contributed by atoms with van der Waals surface area (Å²) in [6.45, 7) is 5.23. The highest BCUT2D eigenvalue weighted by molar-refractivity contribution is 4.83. The Bertz CT molecular complexity index is 229. The molecule has 0 aromatic carbocycles. The molecule has 2 aliphatic rings. The minimum absolute atomic E-state index is 0.331. The predicted octanol–water partition coefficient (Wildman–Crippen LogP) is 0.376. The van der Waals surface area contributed by atoms with Gasteiger partial charge in [-0.3, -0.25) is 0 Å². The summed E-state index contributed by atoms with van der Waals surface area (Å²) in [4.78, 5) is 4.92. The summed E-state index contributed by atoms with van der Waals surface area (Å²) in [6.07, 6.45) is 3.59. The summed E-state index contributed by atoms with van der Waals surface area (Å²) in [5.41, 5.74) is 6.16. The van der Waals surface area contributed by atoms with E-state index in [-0.39, 0.29) is 0 Å². The molecular formula is C13H27N3O. The maximum Gasteiger partial charge on any atom is 0.0521 e. The summed E-state index contributed by atoms with van der Waals surface area (Å²) in [5, 5.41) is 0. The maximum absolute atomic E-state index is 6.16. The fraction of sp³-hybridized carbons (Fsp3) is 1.00. The number of hydrogen-bond acceptors (Lipinski definition) is 4. The molecule has 2 rings (SSSR count). The van der Waals surface area contributed by atoms with Crippen LogP contribution in [-0.2, 0) is 4.74 Å². The van der Waals surface area contributed by atoms with Gasteiger partial charge in [0.2, 0.25) is 0 Å². The first-order valence-corrected chi connectivity index (χ1v) is 6.89. The van der Waals surface area contributed by atoms with Gasteiger partial charge in [-0.05, 0) is 46.4 Å². The van der Waals surface area contributed by atoms with Gasteiger partial charge in [0.25, 0.3) is 0 Å². The van der Waals surface area contributed by atoms with Crippen LogP contribution in [0.4, 0.5) is 0 Å². The monoisotopic (exact) mass is 241 g/mol. The molecule has 2 unspecified atom stereocenters. The molecule has 4 nitrogen and oxygen atoms in total. The lowest BCUT2D eigenvalue weighted by molar-refractivity contribution is 0.0190. The topological polar surface area (TPSA) is 41.7 Å². The van der Waals surface area contributed by atoms with Gasteiger partial charge in [0.15, 0.2) is 0 Å². The molecule has 2 heterocycles. The highest BCUT2D eigenvalue weighted by atomic mass is 16.5. The molecule has 0 bridgehead atoms. The Morgan fingerprint density at radius 2 is 2.00 bits per heavy atom. The van der Waals surface area contributed by atoms with Crippen LogP contribution < -0.4 is 5.73 Å². The van der Waals surface area contributed by atoms with Gasteiger partial charge in [-0.15, -0.1) is 0 Å². The van der Waals surface area contributed by atoms with Crippen molar-refractivity contribution in [3.63, 3.8) is 0 Å². The molecule has 0 amide bonds. The second-order valence-corrected chi connectivity index (χ2v) is 5.76. The number of rotatable bonds is 3. The Labute approximate surface area is 105 Å². The minimum Gasteiger partial charge on any atom is -0.381 e. The third-order valence-corrected chi connectivity index (χ3v) is 4.37. The molecule has 2 N–H and O–H groups in total. The standard InChI is InChI=1S/C13H27N3O/c1-15-6-3-12(4-7-15)16(2)9-11-10-17-8-5-13(11)14/h11-13H,3-10,14H2,1-2H3. The third-order valence-electron chi connectivity index (χ3n) is 4.37. The molecule has 100 valence electrons. The first-order chi connectivity index (χ1) is 8.16. The van der Waals surface area contributed by atoms with Crippen molar-refractivity contribution >= 4 is 0 Å². The van der Waals surface area contributed by atoms with Gasteiger partial charge in [-0.1, -0.05) is 0 Å². The number of nitrogens with zero attached hydrogens (tertiary/aromatic N) is 2. The number of nitrogens with two attached hydrogens (primary N) is 1. The Morgan fingerprint density at radius 3 is 2.65 bits per heavy atom. The molecule has 4 heteroatoms. The Kier molecular flexibility index (Phi) is 4.79. The zero-order valence-corrected chi connectivity index (χ0v) is 11.3. The van der Waals surface area contributed by atoms with Crippen molar-refractivity contribution in [2.24, 2.45) is 11.7 Å². The zero-order chi connectivity index (χ0) is 12.3. The third kappa shape index (κ3) is 3.65. The fourth-order valence-corrected chi connectivity index (χ4v) is 2.96. The van der Waals surface area contributed by atoms with E-state index in [2.05, 4.69) is 23.9 Å². The minimum atomic E-state index is 0.331. The van der Waals surface area contributed by atoms with Crippen molar-refractivity contribution in [3.8, 4) is 0 Å². The van der Waals surface area contributed by atoms with Gasteiger partial charge in [0.1, 0.15) is 0 Å². The second kappa shape index (κ2) is 6.14. The predicted molar refractivity (Wildman–Crippen MR) is 70.1 cm³/mol. The van der Waals surface area contributed by atoms with E-state index in [0.29, 0.717) is 12.0 Å². The van der Waals surface area contributed by atoms with Gasteiger partial charge in [0.05, 0.1) is 6.61 Å². The SMILES string of the molecule is CN1CCC(N(C)CC2COCCC2N)CC1. The van der Waals surface area contributed by atoms with Crippen LogP contribution in [0.15, 0.2) is 0 Å². The zero-order valence-electron chi connectivity index (χ0n) is 11.3. The maximum atomic E-state index is 6.16. The second-order valence-electron chi connectivity index (χ2n) is 5.76. The van der Waals surface area contributed by atoms with Crippen LogP contribution in [0.3, 0.4) is 0 Å². The molecule has 2 fully saturated rings. The van der Waals surface area contributed by atoms with Crippen molar-refractivity contribution in [2.45, 2.75) is 31.3 Å². The van der Waals surface area contributed by atoms with Gasteiger partial charge in [-0.25, -0.2) is 0 Å². The van der Waals surface area contributed by atoms with E-state index in [0.717, 1.165) is 32.2 Å². The average Bonchev–Trinajstić information content (AvgIpc) is 2.33. The summed E-state index contributed by atoms with van der Waals surface area (Å²) >= 11 is 0. The Morgan fingerprint density at radius 1 is 1.29 bits per heavy atom. The highest BCUT2D eigenvalue weighted by Gasteiger charge is 2.27. The van der Waals surface area contributed by atoms with Crippen LogP contribution in [-0.4, -0.2) is 68.8 Å². The smallest absolute Gasteiger partial charge is 0.0521 e. The van der Waals surface area contributed by atoms with E-state index in [9.17, 15) is 0 Å². The normalized spacial score (nSPS) is 33.2. The van der Waals surface area contributed by atoms with Gasteiger partial charge in [0, 0.05) is 31.2 Å². The Hall–Kier alpha value is -0.160. The summed E-state index contributed by atoms with van der Waals surface area (Å²) < 4.78 is 5.54. The number of ether oxygens (including phenoxy) is 1. The van der Waals surface area contributed by atoms with Crippen LogP contribution in [0, 0.1) is 5.92 Å². The molecule has 0 spiro atoms. The molecule has 2 aliphatic heterocycles. The summed E-state index contributed by atoms with van der Waals surface area (Å²) in [6, 6.07) is 1.07. The molecule has 0 aromatic rings. The fourth-order valence-electron chi connectivity index (χ4n) is 2.96. The van der Waals surface area contributed by atoms with Crippen molar-refractivity contribution in [2.75, 3.05) is 46.9 Å². The molecule has 0 aliphatic carbocycles. The lowest BCUT2D eigenvalue weighted by atomic mass is 9.94. The molecule has 0 radical (unpaired) electrons. The molecule has 2 saturated heterocycles. The molecule has 17 heavy (non-hydrogen) atoms. The van der Waals surface area contributed by atoms with E-state index < -0.39 is 0 Å². The van der Waals surface area contributed by atoms with Crippen LogP contribution >= 0.6 is 0 Å². The van der Waals surface area contributed by atoms with Crippen molar-refractivity contribution < 1.29 is 4.74 Å². The van der Waals surface area contributed by atoms with E-state index in [1.807, 2.05) is 0 Å². The van der Waals surface area contributed by atoms with E-state index in [1.165, 1.54) is 25.9 Å². The summed E-state index contributed by atoms with van der Waals surface area (Å²) in [7, 11) is 4.46. The van der Waals surface area contributed by atoms with E-state index in [1.54, 1.807) is 0 Å². The van der Waals surface area contributed by atoms with Gasteiger partial charge < -0.3 is 20.3 Å². The van der Waals surface area contributed by atoms with Crippen LogP contribution in [0.5, 0.6) is 0 Å². The van der Waals surface area contributed by atoms with Gasteiger partial charge >= 0.3 is 0 Å². The molecule has 0 aromatic heterocycles. The van der Waals surface area contributed by atoms with Crippen LogP contribution in [0.2, 0.25) is 0 Å². The highest BCUT2D eigenvalue weighted by Crippen LogP contribution is 2.19. The number of hydrogen-bond donors (Lipinski definition) is 1.